The molecule has 29 heavy (non-hydrogen) atoms. The van der Waals surface area contributed by atoms with Crippen molar-refractivity contribution < 1.29 is 19.8 Å². The Bertz CT molecular complexity index is 843. The highest BCUT2D eigenvalue weighted by Gasteiger charge is 2.39. The van der Waals surface area contributed by atoms with Crippen molar-refractivity contribution in [2.45, 2.75) is 69.6 Å². The van der Waals surface area contributed by atoms with Gasteiger partial charge in [-0.25, -0.2) is 4.98 Å². The molecule has 1 aliphatic heterocycles. The third-order valence-corrected chi connectivity index (χ3v) is 7.94. The average molecular weight is 435 g/mol. The molecule has 6 nitrogen and oxygen atoms in total. The van der Waals surface area contributed by atoms with E-state index in [9.17, 15) is 19.8 Å². The number of hydrogen-bond acceptors (Lipinski definition) is 7. The molecule has 3 heterocycles. The number of carbonyl (C=O) groups is 2. The van der Waals surface area contributed by atoms with Gasteiger partial charge in [-0.1, -0.05) is 6.07 Å². The van der Waals surface area contributed by atoms with Crippen LogP contribution in [0.2, 0.25) is 0 Å². The summed E-state index contributed by atoms with van der Waals surface area (Å²) in [6.07, 6.45) is 2.92. The lowest BCUT2D eigenvalue weighted by Crippen LogP contribution is -2.47. The number of nitrogens with zero attached hydrogens (tertiary/aromatic N) is 2. The smallest absolute Gasteiger partial charge is 0.255 e. The molecule has 1 fully saturated rings. The molecule has 0 radical (unpaired) electrons. The summed E-state index contributed by atoms with van der Waals surface area (Å²) in [5.74, 6) is -1.05. The third kappa shape index (κ3) is 4.45. The molecule has 0 spiro atoms. The number of thiophene rings is 1. The number of fused-ring (bicyclic) bond motifs is 1. The van der Waals surface area contributed by atoms with Crippen LogP contribution in [0.3, 0.4) is 0 Å². The van der Waals surface area contributed by atoms with Crippen LogP contribution in [-0.2, 0) is 28.9 Å². The zero-order valence-electron chi connectivity index (χ0n) is 16.2. The van der Waals surface area contributed by atoms with Crippen LogP contribution in [0, 0.1) is 0 Å². The molecule has 2 aliphatic rings. The molecule has 0 aromatic carbocycles. The number of Topliss-reactive ketones (excluding diaryl/α,β-unsaturated/α-hetero) is 1. The number of aliphatic hydroxyl groups excluding tert-OH is 2. The standard InChI is InChI=1S/C21H26N2O4S2/c24-16(9-1-5-13-6-4-12-28-13)18(25)19(26)21(27)23-11-3-8-15(23)20-22-14-7-2-10-17(14)29-20/h4,6,12,15,18-19,25-26H,1-3,5,7-11H2/t15-,18+,19-/m1/s1. The van der Waals surface area contributed by atoms with Crippen molar-refractivity contribution in [2.75, 3.05) is 6.54 Å². The monoisotopic (exact) mass is 434 g/mol. The zero-order valence-corrected chi connectivity index (χ0v) is 17.9. The number of aliphatic hydroxyl groups is 2. The normalized spacial score (nSPS) is 20.6. The molecular weight excluding hydrogens is 408 g/mol. The summed E-state index contributed by atoms with van der Waals surface area (Å²) in [5, 5.41) is 23.6. The zero-order chi connectivity index (χ0) is 20.4. The van der Waals surface area contributed by atoms with E-state index in [2.05, 4.69) is 0 Å². The van der Waals surface area contributed by atoms with E-state index in [0.29, 0.717) is 13.0 Å². The third-order valence-electron chi connectivity index (χ3n) is 5.74. The lowest BCUT2D eigenvalue weighted by molar-refractivity contribution is -0.153. The van der Waals surface area contributed by atoms with Crippen molar-refractivity contribution in [2.24, 2.45) is 0 Å². The van der Waals surface area contributed by atoms with Crippen LogP contribution < -0.4 is 0 Å². The summed E-state index contributed by atoms with van der Waals surface area (Å²) in [5.41, 5.74) is 1.14. The van der Waals surface area contributed by atoms with Gasteiger partial charge in [0.15, 0.2) is 11.9 Å². The molecule has 4 rings (SSSR count). The van der Waals surface area contributed by atoms with Crippen molar-refractivity contribution >= 4 is 34.4 Å². The van der Waals surface area contributed by atoms with Crippen molar-refractivity contribution in [3.63, 3.8) is 0 Å². The molecule has 3 atom stereocenters. The van der Waals surface area contributed by atoms with Gasteiger partial charge < -0.3 is 15.1 Å². The van der Waals surface area contributed by atoms with Gasteiger partial charge in [-0.2, -0.15) is 0 Å². The van der Waals surface area contributed by atoms with Crippen LogP contribution in [0.4, 0.5) is 0 Å². The summed E-state index contributed by atoms with van der Waals surface area (Å²) in [4.78, 5) is 34.0. The Kier molecular flexibility index (Phi) is 6.44. The van der Waals surface area contributed by atoms with E-state index in [0.717, 1.165) is 49.2 Å². The number of thiazole rings is 1. The molecule has 2 N–H and O–H groups in total. The predicted molar refractivity (Wildman–Crippen MR) is 112 cm³/mol. The van der Waals surface area contributed by atoms with Crippen molar-refractivity contribution in [3.8, 4) is 0 Å². The van der Waals surface area contributed by atoms with Gasteiger partial charge in [0, 0.05) is 22.7 Å². The van der Waals surface area contributed by atoms with Gasteiger partial charge in [0.1, 0.15) is 11.1 Å². The summed E-state index contributed by atoms with van der Waals surface area (Å²) in [6, 6.07) is 3.81. The number of ketones is 1. The maximum absolute atomic E-state index is 12.9. The topological polar surface area (TPSA) is 90.7 Å². The van der Waals surface area contributed by atoms with Crippen LogP contribution >= 0.6 is 22.7 Å². The number of carbonyl (C=O) groups excluding carboxylic acids is 2. The first-order valence-electron chi connectivity index (χ1n) is 10.2. The Morgan fingerprint density at radius 2 is 2.10 bits per heavy atom. The van der Waals surface area contributed by atoms with E-state index in [1.54, 1.807) is 27.6 Å². The second-order valence-electron chi connectivity index (χ2n) is 7.75. The molecule has 156 valence electrons. The number of hydrogen-bond donors (Lipinski definition) is 2. The molecular formula is C21H26N2O4S2. The molecule has 1 amide bonds. The maximum atomic E-state index is 12.9. The van der Waals surface area contributed by atoms with E-state index in [-0.39, 0.29) is 12.5 Å². The highest BCUT2D eigenvalue weighted by Crippen LogP contribution is 2.38. The minimum absolute atomic E-state index is 0.145. The van der Waals surface area contributed by atoms with Gasteiger partial charge in [0.05, 0.1) is 11.7 Å². The lowest BCUT2D eigenvalue weighted by Gasteiger charge is -2.27. The van der Waals surface area contributed by atoms with Crippen LogP contribution in [0.5, 0.6) is 0 Å². The Balaban J connectivity index is 1.34. The summed E-state index contributed by atoms with van der Waals surface area (Å²) >= 11 is 3.29. The SMILES string of the molecule is O=C(CCCc1cccs1)[C@H](O)[C@@H](O)C(=O)N1CCC[C@@H]1c1nc2c(s1)CCC2. The average Bonchev–Trinajstić information content (AvgIpc) is 3.49. The largest absolute Gasteiger partial charge is 0.382 e. The Morgan fingerprint density at radius 3 is 2.86 bits per heavy atom. The minimum atomic E-state index is -1.71. The van der Waals surface area contributed by atoms with Crippen LogP contribution in [0.1, 0.15) is 58.6 Å². The summed E-state index contributed by atoms with van der Waals surface area (Å²) < 4.78 is 0. The van der Waals surface area contributed by atoms with Crippen molar-refractivity contribution in [3.05, 3.63) is 38.0 Å². The first kappa shape index (κ1) is 20.7. The van der Waals surface area contributed by atoms with E-state index in [1.807, 2.05) is 17.5 Å². The second-order valence-corrected chi connectivity index (χ2v) is 9.90. The van der Waals surface area contributed by atoms with Crippen LogP contribution in [0.25, 0.3) is 0 Å². The Labute approximate surface area is 178 Å². The van der Waals surface area contributed by atoms with E-state index in [4.69, 9.17) is 4.98 Å². The van der Waals surface area contributed by atoms with E-state index < -0.39 is 23.9 Å². The molecule has 0 unspecified atom stereocenters. The molecule has 1 aliphatic carbocycles. The molecule has 1 saturated heterocycles. The highest BCUT2D eigenvalue weighted by molar-refractivity contribution is 7.11. The summed E-state index contributed by atoms with van der Waals surface area (Å²) in [7, 11) is 0. The number of amides is 1. The number of aryl methyl sites for hydroxylation is 3. The number of aromatic nitrogens is 1. The molecule has 0 bridgehead atoms. The first-order chi connectivity index (χ1) is 14.0. The molecule has 2 aromatic rings. The van der Waals surface area contributed by atoms with Gasteiger partial charge in [-0.05, 0) is 56.4 Å². The predicted octanol–water partition coefficient (Wildman–Crippen LogP) is 2.67. The first-order valence-corrected chi connectivity index (χ1v) is 11.9. The molecule has 0 saturated carbocycles. The Hall–Kier alpha value is -1.61. The van der Waals surface area contributed by atoms with Gasteiger partial charge in [0.25, 0.3) is 5.91 Å². The van der Waals surface area contributed by atoms with E-state index >= 15 is 0 Å². The fourth-order valence-electron chi connectivity index (χ4n) is 4.16. The van der Waals surface area contributed by atoms with Crippen molar-refractivity contribution in [1.29, 1.82) is 0 Å². The summed E-state index contributed by atoms with van der Waals surface area (Å²) in [6.45, 7) is 0.518. The maximum Gasteiger partial charge on any atom is 0.255 e. The van der Waals surface area contributed by atoms with Gasteiger partial charge in [0.2, 0.25) is 0 Å². The number of rotatable bonds is 8. The number of likely N-dealkylation sites (tertiary alicyclic amines) is 1. The van der Waals surface area contributed by atoms with Crippen molar-refractivity contribution in [1.82, 2.24) is 9.88 Å². The fraction of sp³-hybridized carbons (Fsp3) is 0.571. The minimum Gasteiger partial charge on any atom is -0.382 e. The van der Waals surface area contributed by atoms with Gasteiger partial charge in [-0.15, -0.1) is 22.7 Å². The van der Waals surface area contributed by atoms with Crippen LogP contribution in [-0.4, -0.2) is 50.5 Å². The van der Waals surface area contributed by atoms with Crippen LogP contribution in [0.15, 0.2) is 17.5 Å². The van der Waals surface area contributed by atoms with E-state index in [1.165, 1.54) is 9.75 Å². The quantitative estimate of drug-likeness (QED) is 0.667. The fourth-order valence-corrected chi connectivity index (χ4v) is 6.21. The second kappa shape index (κ2) is 9.04. The molecule has 2 aromatic heterocycles. The lowest BCUT2D eigenvalue weighted by atomic mass is 10.0. The Morgan fingerprint density at radius 1 is 1.24 bits per heavy atom. The van der Waals surface area contributed by atoms with Gasteiger partial charge in [-0.3, -0.25) is 9.59 Å². The highest BCUT2D eigenvalue weighted by atomic mass is 32.1. The van der Waals surface area contributed by atoms with Gasteiger partial charge >= 0.3 is 0 Å². The molecule has 8 heteroatoms.